The molecule has 0 N–H and O–H groups in total. The van der Waals surface area contributed by atoms with Crippen molar-refractivity contribution < 1.29 is 18.3 Å². The van der Waals surface area contributed by atoms with Crippen LogP contribution in [-0.2, 0) is 6.54 Å². The highest BCUT2D eigenvalue weighted by molar-refractivity contribution is 5.94. The predicted octanol–water partition coefficient (Wildman–Crippen LogP) is 4.67. The number of halogens is 2. The molecular formula is C22H23F2N3O2. The summed E-state index contributed by atoms with van der Waals surface area (Å²) in [4.78, 5) is 14.3. The van der Waals surface area contributed by atoms with Crippen molar-refractivity contribution in [2.45, 2.75) is 33.9 Å². The smallest absolute Gasteiger partial charge is 0.387 e. The van der Waals surface area contributed by atoms with Crippen molar-refractivity contribution in [2.24, 2.45) is 0 Å². The van der Waals surface area contributed by atoms with Gasteiger partial charge < -0.3 is 9.64 Å². The van der Waals surface area contributed by atoms with Crippen LogP contribution in [0.5, 0.6) is 5.75 Å². The van der Waals surface area contributed by atoms with E-state index in [4.69, 9.17) is 0 Å². The molecule has 0 saturated heterocycles. The number of aryl methyl sites for hydroxylation is 2. The number of ether oxygens (including phenoxy) is 1. The van der Waals surface area contributed by atoms with Crippen LogP contribution in [-0.4, -0.2) is 34.2 Å². The molecule has 0 atom stereocenters. The third kappa shape index (κ3) is 4.45. The van der Waals surface area contributed by atoms with Crippen molar-refractivity contribution in [3.05, 3.63) is 76.6 Å². The Labute approximate surface area is 168 Å². The highest BCUT2D eigenvalue weighted by Crippen LogP contribution is 2.23. The molecule has 0 spiro atoms. The molecule has 29 heavy (non-hydrogen) atoms. The van der Waals surface area contributed by atoms with E-state index in [0.717, 1.165) is 28.2 Å². The second kappa shape index (κ2) is 8.43. The van der Waals surface area contributed by atoms with E-state index in [1.54, 1.807) is 18.0 Å². The first-order valence-corrected chi connectivity index (χ1v) is 9.19. The summed E-state index contributed by atoms with van der Waals surface area (Å²) in [6, 6.07) is 13.8. The summed E-state index contributed by atoms with van der Waals surface area (Å²) in [6.45, 7) is 3.32. The van der Waals surface area contributed by atoms with Gasteiger partial charge in [-0.1, -0.05) is 24.3 Å². The summed E-state index contributed by atoms with van der Waals surface area (Å²) in [7, 11) is 1.67. The second-order valence-electron chi connectivity index (χ2n) is 6.92. The fourth-order valence-corrected chi connectivity index (χ4v) is 3.27. The van der Waals surface area contributed by atoms with Crippen LogP contribution in [0.2, 0.25) is 0 Å². The standard InChI is InChI=1S/C22H23F2N3O2/c1-14-8-5-6-11-20(14)27-16(3)19(15(2)25-27)13-26(4)21(28)17-9-7-10-18(12-17)29-22(23)24/h5-12,22H,13H2,1-4H3. The van der Waals surface area contributed by atoms with Crippen molar-refractivity contribution in [1.29, 1.82) is 0 Å². The number of hydrogen-bond acceptors (Lipinski definition) is 3. The van der Waals surface area contributed by atoms with Gasteiger partial charge in [-0.05, 0) is 50.6 Å². The van der Waals surface area contributed by atoms with Crippen LogP contribution in [0.25, 0.3) is 5.69 Å². The lowest BCUT2D eigenvalue weighted by Gasteiger charge is -2.18. The van der Waals surface area contributed by atoms with E-state index in [9.17, 15) is 13.6 Å². The largest absolute Gasteiger partial charge is 0.435 e. The molecule has 0 aliphatic heterocycles. The Morgan fingerprint density at radius 3 is 2.55 bits per heavy atom. The maximum absolute atomic E-state index is 12.8. The van der Waals surface area contributed by atoms with Crippen LogP contribution in [0.4, 0.5) is 8.78 Å². The van der Waals surface area contributed by atoms with Crippen LogP contribution in [0.3, 0.4) is 0 Å². The Kier molecular flexibility index (Phi) is 5.96. The number of para-hydroxylation sites is 1. The van der Waals surface area contributed by atoms with Gasteiger partial charge in [-0.2, -0.15) is 13.9 Å². The van der Waals surface area contributed by atoms with Gasteiger partial charge in [0.15, 0.2) is 0 Å². The molecular weight excluding hydrogens is 376 g/mol. The highest BCUT2D eigenvalue weighted by atomic mass is 19.3. The fourth-order valence-electron chi connectivity index (χ4n) is 3.27. The monoisotopic (exact) mass is 399 g/mol. The number of rotatable bonds is 6. The molecule has 5 nitrogen and oxygen atoms in total. The van der Waals surface area contributed by atoms with Crippen molar-refractivity contribution in [2.75, 3.05) is 7.05 Å². The zero-order chi connectivity index (χ0) is 21.1. The van der Waals surface area contributed by atoms with E-state index in [0.29, 0.717) is 6.54 Å². The third-order valence-electron chi connectivity index (χ3n) is 4.83. The molecule has 0 radical (unpaired) electrons. The first-order valence-electron chi connectivity index (χ1n) is 9.19. The van der Waals surface area contributed by atoms with Gasteiger partial charge in [-0.15, -0.1) is 0 Å². The Morgan fingerprint density at radius 2 is 1.86 bits per heavy atom. The number of benzene rings is 2. The number of aromatic nitrogens is 2. The molecule has 0 fully saturated rings. The lowest BCUT2D eigenvalue weighted by Crippen LogP contribution is -2.26. The normalized spacial score (nSPS) is 11.0. The first kappa shape index (κ1) is 20.5. The van der Waals surface area contributed by atoms with Gasteiger partial charge in [0.2, 0.25) is 0 Å². The summed E-state index contributed by atoms with van der Waals surface area (Å²) in [5.74, 6) is -0.328. The number of carbonyl (C=O) groups excluding carboxylic acids is 1. The summed E-state index contributed by atoms with van der Waals surface area (Å²) in [5.41, 5.74) is 5.11. The number of nitrogens with zero attached hydrogens (tertiary/aromatic N) is 3. The molecule has 152 valence electrons. The molecule has 0 unspecified atom stereocenters. The third-order valence-corrected chi connectivity index (χ3v) is 4.83. The lowest BCUT2D eigenvalue weighted by atomic mass is 10.1. The topological polar surface area (TPSA) is 47.4 Å². The molecule has 2 aromatic carbocycles. The predicted molar refractivity (Wildman–Crippen MR) is 107 cm³/mol. The number of hydrogen-bond donors (Lipinski definition) is 0. The van der Waals surface area contributed by atoms with Gasteiger partial charge >= 0.3 is 6.61 Å². The number of amides is 1. The summed E-state index contributed by atoms with van der Waals surface area (Å²) in [6.07, 6.45) is 0. The van der Waals surface area contributed by atoms with E-state index >= 15 is 0 Å². The molecule has 0 aliphatic carbocycles. The SMILES string of the molecule is Cc1ccccc1-n1nc(C)c(CN(C)C(=O)c2cccc(OC(F)F)c2)c1C. The van der Waals surface area contributed by atoms with Gasteiger partial charge in [-0.3, -0.25) is 4.79 Å². The van der Waals surface area contributed by atoms with E-state index < -0.39 is 6.61 Å². The minimum Gasteiger partial charge on any atom is -0.435 e. The maximum atomic E-state index is 12.8. The second-order valence-corrected chi connectivity index (χ2v) is 6.92. The number of carbonyl (C=O) groups is 1. The van der Waals surface area contributed by atoms with E-state index in [1.165, 1.54) is 18.2 Å². The fraction of sp³-hybridized carbons (Fsp3) is 0.273. The minimum atomic E-state index is -2.93. The molecule has 0 saturated carbocycles. The summed E-state index contributed by atoms with van der Waals surface area (Å²) < 4.78 is 31.1. The van der Waals surface area contributed by atoms with Gasteiger partial charge in [0.05, 0.1) is 11.4 Å². The van der Waals surface area contributed by atoms with Gasteiger partial charge in [0.1, 0.15) is 5.75 Å². The maximum Gasteiger partial charge on any atom is 0.387 e. The zero-order valence-electron chi connectivity index (χ0n) is 16.8. The van der Waals surface area contributed by atoms with E-state index in [-0.39, 0.29) is 17.2 Å². The Hall–Kier alpha value is -3.22. The van der Waals surface area contributed by atoms with E-state index in [1.807, 2.05) is 49.7 Å². The number of alkyl halides is 2. The van der Waals surface area contributed by atoms with Crippen LogP contribution in [0.1, 0.15) is 32.9 Å². The van der Waals surface area contributed by atoms with Crippen molar-refractivity contribution in [3.8, 4) is 11.4 Å². The minimum absolute atomic E-state index is 0.0426. The van der Waals surface area contributed by atoms with Gasteiger partial charge in [-0.25, -0.2) is 4.68 Å². The summed E-state index contributed by atoms with van der Waals surface area (Å²) in [5, 5.41) is 4.65. The van der Waals surface area contributed by atoms with Crippen LogP contribution in [0.15, 0.2) is 48.5 Å². The van der Waals surface area contributed by atoms with Crippen LogP contribution < -0.4 is 4.74 Å². The Bertz CT molecular complexity index is 1030. The molecule has 7 heteroatoms. The van der Waals surface area contributed by atoms with Crippen molar-refractivity contribution in [3.63, 3.8) is 0 Å². The van der Waals surface area contributed by atoms with Crippen LogP contribution in [0, 0.1) is 20.8 Å². The quantitative estimate of drug-likeness (QED) is 0.605. The molecule has 1 amide bonds. The zero-order valence-corrected chi connectivity index (χ0v) is 16.8. The van der Waals surface area contributed by atoms with Gasteiger partial charge in [0, 0.05) is 30.4 Å². The van der Waals surface area contributed by atoms with Crippen LogP contribution >= 0.6 is 0 Å². The van der Waals surface area contributed by atoms with E-state index in [2.05, 4.69) is 9.84 Å². The Balaban J connectivity index is 1.83. The molecule has 1 aromatic heterocycles. The molecule has 0 bridgehead atoms. The lowest BCUT2D eigenvalue weighted by molar-refractivity contribution is -0.0499. The highest BCUT2D eigenvalue weighted by Gasteiger charge is 2.19. The average Bonchev–Trinajstić information content (AvgIpc) is 2.95. The van der Waals surface area contributed by atoms with Crippen molar-refractivity contribution in [1.82, 2.24) is 14.7 Å². The molecule has 3 aromatic rings. The molecule has 3 rings (SSSR count). The average molecular weight is 399 g/mol. The van der Waals surface area contributed by atoms with Gasteiger partial charge in [0.25, 0.3) is 5.91 Å². The molecule has 1 heterocycles. The Morgan fingerprint density at radius 1 is 1.14 bits per heavy atom. The van der Waals surface area contributed by atoms with Crippen molar-refractivity contribution >= 4 is 5.91 Å². The summed E-state index contributed by atoms with van der Waals surface area (Å²) >= 11 is 0. The molecule has 0 aliphatic rings. The first-order chi connectivity index (χ1) is 13.8.